The first-order chi connectivity index (χ1) is 17.5. The third-order valence-electron chi connectivity index (χ3n) is 5.98. The van der Waals surface area contributed by atoms with Gasteiger partial charge in [-0.1, -0.05) is 47.6 Å². The van der Waals surface area contributed by atoms with Crippen LogP contribution < -0.4 is 19.7 Å². The quantitative estimate of drug-likeness (QED) is 0.382. The first kappa shape index (κ1) is 23.1. The fraction of sp³-hybridized carbons (Fsp3) is 0.148. The molecule has 1 aromatic heterocycles. The molecule has 0 bridgehead atoms. The minimum absolute atomic E-state index is 0.229. The highest BCUT2D eigenvalue weighted by molar-refractivity contribution is 6.01. The zero-order valence-electron chi connectivity index (χ0n) is 19.9. The molecule has 5 rings (SSSR count). The van der Waals surface area contributed by atoms with Gasteiger partial charge in [-0.3, -0.25) is 4.90 Å². The van der Waals surface area contributed by atoms with E-state index in [9.17, 15) is 9.18 Å². The normalized spacial score (nSPS) is 15.6. The van der Waals surface area contributed by atoms with Crippen LogP contribution in [0.15, 0.2) is 83.0 Å². The minimum Gasteiger partial charge on any atom is -0.493 e. The number of nitrogens with one attached hydrogen (secondary N) is 1. The molecule has 1 atom stereocenters. The Hall–Kier alpha value is -4.66. The van der Waals surface area contributed by atoms with Crippen molar-refractivity contribution >= 4 is 17.3 Å². The molecule has 3 aromatic carbocycles. The summed E-state index contributed by atoms with van der Waals surface area (Å²) in [5, 5.41) is 7.16. The molecule has 0 saturated carbocycles. The van der Waals surface area contributed by atoms with Crippen LogP contribution in [-0.4, -0.2) is 30.4 Å². The number of amides is 2. The van der Waals surface area contributed by atoms with E-state index in [4.69, 9.17) is 14.0 Å². The van der Waals surface area contributed by atoms with E-state index in [1.54, 1.807) is 45.4 Å². The van der Waals surface area contributed by atoms with Crippen LogP contribution in [0.4, 0.5) is 14.9 Å². The molecular weight excluding hydrogens is 463 g/mol. The summed E-state index contributed by atoms with van der Waals surface area (Å²) in [6, 6.07) is 19.5. The zero-order valence-corrected chi connectivity index (χ0v) is 19.9. The van der Waals surface area contributed by atoms with Gasteiger partial charge < -0.3 is 19.3 Å². The lowest BCUT2D eigenvalue weighted by Gasteiger charge is -2.35. The van der Waals surface area contributed by atoms with Crippen molar-refractivity contribution in [2.75, 3.05) is 19.1 Å². The number of carbonyl (C=O) groups excluding carboxylic acids is 1. The van der Waals surface area contributed by atoms with E-state index in [-0.39, 0.29) is 5.89 Å². The third kappa shape index (κ3) is 4.15. The van der Waals surface area contributed by atoms with Crippen molar-refractivity contribution in [2.24, 2.45) is 0 Å². The fourth-order valence-electron chi connectivity index (χ4n) is 4.27. The summed E-state index contributed by atoms with van der Waals surface area (Å²) >= 11 is 0. The van der Waals surface area contributed by atoms with Gasteiger partial charge >= 0.3 is 6.03 Å². The van der Waals surface area contributed by atoms with Gasteiger partial charge in [-0.05, 0) is 42.8 Å². The molecule has 0 aliphatic carbocycles. The van der Waals surface area contributed by atoms with Crippen molar-refractivity contribution in [3.63, 3.8) is 0 Å². The van der Waals surface area contributed by atoms with E-state index in [2.05, 4.69) is 15.5 Å². The molecule has 2 amide bonds. The Morgan fingerprint density at radius 3 is 2.47 bits per heavy atom. The topological polar surface area (TPSA) is 89.7 Å². The molecule has 8 nitrogen and oxygen atoms in total. The number of anilines is 1. The van der Waals surface area contributed by atoms with Crippen LogP contribution in [0.1, 0.15) is 24.4 Å². The monoisotopic (exact) mass is 486 g/mol. The number of methoxy groups -OCH3 is 2. The predicted molar refractivity (Wildman–Crippen MR) is 132 cm³/mol. The lowest BCUT2D eigenvalue weighted by molar-refractivity contribution is 0.244. The predicted octanol–water partition coefficient (Wildman–Crippen LogP) is 5.60. The molecule has 1 aliphatic rings. The molecule has 0 fully saturated rings. The summed E-state index contributed by atoms with van der Waals surface area (Å²) in [5.41, 5.74) is 2.97. The third-order valence-corrected chi connectivity index (χ3v) is 5.98. The number of halogens is 1. The van der Waals surface area contributed by atoms with Crippen LogP contribution in [0.3, 0.4) is 0 Å². The number of benzene rings is 3. The summed E-state index contributed by atoms with van der Waals surface area (Å²) < 4.78 is 30.6. The Morgan fingerprint density at radius 1 is 0.972 bits per heavy atom. The van der Waals surface area contributed by atoms with Crippen LogP contribution in [-0.2, 0) is 0 Å². The van der Waals surface area contributed by atoms with Gasteiger partial charge in [0.1, 0.15) is 5.82 Å². The molecule has 1 aliphatic heterocycles. The van der Waals surface area contributed by atoms with E-state index < -0.39 is 17.9 Å². The second kappa shape index (κ2) is 9.53. The number of urea groups is 1. The van der Waals surface area contributed by atoms with Gasteiger partial charge in [-0.15, -0.1) is 0 Å². The number of ether oxygens (including phenoxy) is 2. The molecule has 1 unspecified atom stereocenters. The maximum atomic E-state index is 14.0. The maximum Gasteiger partial charge on any atom is 0.327 e. The number of aromatic nitrogens is 2. The van der Waals surface area contributed by atoms with Crippen molar-refractivity contribution in [3.8, 4) is 22.9 Å². The van der Waals surface area contributed by atoms with Gasteiger partial charge in [-0.25, -0.2) is 9.18 Å². The minimum atomic E-state index is -0.647. The van der Waals surface area contributed by atoms with E-state index in [1.165, 1.54) is 17.0 Å². The molecule has 4 aromatic rings. The van der Waals surface area contributed by atoms with E-state index in [0.29, 0.717) is 39.8 Å². The van der Waals surface area contributed by atoms with Gasteiger partial charge in [0.05, 0.1) is 31.5 Å². The number of hydrogen-bond donors (Lipinski definition) is 1. The van der Waals surface area contributed by atoms with Crippen LogP contribution in [0.25, 0.3) is 17.0 Å². The lowest BCUT2D eigenvalue weighted by Crippen LogP contribution is -2.46. The Bertz CT molecular complexity index is 1450. The zero-order chi connectivity index (χ0) is 25.2. The highest BCUT2D eigenvalue weighted by Crippen LogP contribution is 2.41. The lowest BCUT2D eigenvalue weighted by atomic mass is 9.94. The molecule has 0 radical (unpaired) electrons. The van der Waals surface area contributed by atoms with E-state index >= 15 is 0 Å². The number of nitrogens with zero attached hydrogens (tertiary/aromatic N) is 3. The molecule has 2 heterocycles. The van der Waals surface area contributed by atoms with Crippen LogP contribution >= 0.6 is 0 Å². The van der Waals surface area contributed by atoms with E-state index in [0.717, 1.165) is 5.56 Å². The summed E-state index contributed by atoms with van der Waals surface area (Å²) in [4.78, 5) is 19.3. The molecule has 1 N–H and O–H groups in total. The second-order valence-corrected chi connectivity index (χ2v) is 8.10. The molecule has 0 spiro atoms. The molecule has 182 valence electrons. The highest BCUT2D eigenvalue weighted by Gasteiger charge is 2.37. The fourth-order valence-corrected chi connectivity index (χ4v) is 4.27. The Labute approximate surface area is 207 Å². The molecule has 9 heteroatoms. The summed E-state index contributed by atoms with van der Waals surface area (Å²) in [6.07, 6.45) is 0. The van der Waals surface area contributed by atoms with Gasteiger partial charge in [0.15, 0.2) is 11.5 Å². The Morgan fingerprint density at radius 2 is 1.75 bits per heavy atom. The molecular formula is C27H23FN4O4. The first-order valence-corrected chi connectivity index (χ1v) is 11.2. The smallest absolute Gasteiger partial charge is 0.327 e. The van der Waals surface area contributed by atoms with Gasteiger partial charge in [0.2, 0.25) is 5.82 Å². The highest BCUT2D eigenvalue weighted by atomic mass is 19.1. The van der Waals surface area contributed by atoms with E-state index in [1.807, 2.05) is 36.4 Å². The number of allylic oxidation sites excluding steroid dienone is 1. The average Bonchev–Trinajstić information content (AvgIpc) is 3.38. The standard InChI is InChI=1S/C27H23FN4O4/c1-16-23(26-30-25(31-36-26)17-8-5-4-6-9-17)24(18-12-13-21(34-2)22(14-18)35-3)29-27(33)32(16)20-11-7-10-19(28)15-20/h4-15,24H,1-3H3,(H,29,33). The molecule has 0 saturated heterocycles. The average molecular weight is 487 g/mol. The number of rotatable bonds is 6. The maximum absolute atomic E-state index is 14.0. The van der Waals surface area contributed by atoms with Gasteiger partial charge in [0.25, 0.3) is 5.89 Å². The number of carbonyl (C=O) groups is 1. The van der Waals surface area contributed by atoms with Crippen LogP contribution in [0.5, 0.6) is 11.5 Å². The van der Waals surface area contributed by atoms with Crippen molar-refractivity contribution in [1.29, 1.82) is 0 Å². The Kier molecular flexibility index (Phi) is 6.12. The summed E-state index contributed by atoms with van der Waals surface area (Å²) in [5.74, 6) is 1.24. The molecule has 36 heavy (non-hydrogen) atoms. The Balaban J connectivity index is 1.67. The van der Waals surface area contributed by atoms with Gasteiger partial charge in [-0.2, -0.15) is 4.98 Å². The first-order valence-electron chi connectivity index (χ1n) is 11.2. The van der Waals surface area contributed by atoms with Crippen molar-refractivity contribution in [1.82, 2.24) is 15.5 Å². The largest absolute Gasteiger partial charge is 0.493 e. The van der Waals surface area contributed by atoms with Crippen LogP contribution in [0.2, 0.25) is 0 Å². The summed E-state index contributed by atoms with van der Waals surface area (Å²) in [7, 11) is 3.09. The van der Waals surface area contributed by atoms with Crippen molar-refractivity contribution < 1.29 is 23.2 Å². The van der Waals surface area contributed by atoms with Gasteiger partial charge in [0, 0.05) is 11.3 Å². The van der Waals surface area contributed by atoms with Crippen LogP contribution in [0, 0.1) is 5.82 Å². The van der Waals surface area contributed by atoms with Crippen molar-refractivity contribution in [3.05, 3.63) is 95.8 Å². The summed E-state index contributed by atoms with van der Waals surface area (Å²) in [6.45, 7) is 1.76. The van der Waals surface area contributed by atoms with Crippen molar-refractivity contribution in [2.45, 2.75) is 13.0 Å². The SMILES string of the molecule is COc1ccc(C2NC(=O)N(c3cccc(F)c3)C(C)=C2c2nc(-c3ccccc3)no2)cc1OC. The number of hydrogen-bond acceptors (Lipinski definition) is 6. The second-order valence-electron chi connectivity index (χ2n) is 8.10.